The van der Waals surface area contributed by atoms with Gasteiger partial charge in [-0.15, -0.1) is 0 Å². The maximum atomic E-state index is 12.8. The number of methoxy groups -OCH3 is 1. The van der Waals surface area contributed by atoms with Crippen LogP contribution in [0.3, 0.4) is 0 Å². The first-order chi connectivity index (χ1) is 26.2. The molecule has 10 heteroatoms. The number of carbonyl (C=O) groups is 5. The second-order valence-corrected chi connectivity index (χ2v) is 12.7. The highest BCUT2D eigenvalue weighted by Crippen LogP contribution is 2.25. The number of hydrogen-bond donors (Lipinski definition) is 1. The normalized spacial score (nSPS) is 14.6. The van der Waals surface area contributed by atoms with Gasteiger partial charge in [0.15, 0.2) is 5.78 Å². The van der Waals surface area contributed by atoms with Crippen LogP contribution in [0.2, 0.25) is 0 Å². The maximum absolute atomic E-state index is 12.8. The summed E-state index contributed by atoms with van der Waals surface area (Å²) in [7, 11) is 3.09. The second kappa shape index (κ2) is 27.5. The Bertz CT molecular complexity index is 1580. The molecule has 1 aliphatic carbocycles. The second-order valence-electron chi connectivity index (χ2n) is 12.7. The van der Waals surface area contributed by atoms with Crippen molar-refractivity contribution < 1.29 is 38.2 Å². The van der Waals surface area contributed by atoms with Gasteiger partial charge in [0.1, 0.15) is 16.9 Å². The molecule has 1 aromatic rings. The van der Waals surface area contributed by atoms with Gasteiger partial charge in [-0.25, -0.2) is 14.6 Å². The smallest absolute Gasteiger partial charge is 0.349 e. The monoisotopic (exact) mass is 742 g/mol. The average Bonchev–Trinajstić information content (AvgIpc) is 3.15. The van der Waals surface area contributed by atoms with E-state index in [1.54, 1.807) is 30.3 Å². The van der Waals surface area contributed by atoms with Gasteiger partial charge in [0.2, 0.25) is 0 Å². The van der Waals surface area contributed by atoms with Crippen molar-refractivity contribution in [2.24, 2.45) is 0 Å². The van der Waals surface area contributed by atoms with Crippen LogP contribution in [0.15, 0.2) is 103 Å². The molecule has 0 saturated heterocycles. The zero-order valence-corrected chi connectivity index (χ0v) is 32.4. The number of nitrogens with one attached hydrogen (secondary N) is 1. The molecule has 2 rings (SSSR count). The van der Waals surface area contributed by atoms with E-state index in [0.29, 0.717) is 24.9 Å². The van der Waals surface area contributed by atoms with Crippen molar-refractivity contribution in [2.75, 3.05) is 19.6 Å². The molecule has 0 fully saturated rings. The predicted octanol–water partition coefficient (Wildman–Crippen LogP) is 9.42. The van der Waals surface area contributed by atoms with Crippen LogP contribution in [0.1, 0.15) is 114 Å². The molecule has 0 aliphatic heterocycles. The minimum atomic E-state index is -0.977. The van der Waals surface area contributed by atoms with Crippen molar-refractivity contribution >= 4 is 35.3 Å². The lowest BCUT2D eigenvalue weighted by Gasteiger charge is -2.27. The summed E-state index contributed by atoms with van der Waals surface area (Å²) in [5.41, 5.74) is 3.50. The van der Waals surface area contributed by atoms with E-state index in [9.17, 15) is 24.0 Å². The molecular formula is C44H58N2O8. The van der Waals surface area contributed by atoms with E-state index in [2.05, 4.69) is 74.0 Å². The molecule has 292 valence electrons. The summed E-state index contributed by atoms with van der Waals surface area (Å²) < 4.78 is 15.4. The molecule has 54 heavy (non-hydrogen) atoms. The molecule has 0 spiro atoms. The molecule has 1 N–H and O–H groups in total. The van der Waals surface area contributed by atoms with E-state index in [-0.39, 0.29) is 29.7 Å². The molecule has 0 bridgehead atoms. The number of allylic oxidation sites excluding steroid dienone is 11. The fourth-order valence-electron chi connectivity index (χ4n) is 5.23. The van der Waals surface area contributed by atoms with E-state index in [1.807, 2.05) is 6.08 Å². The van der Waals surface area contributed by atoms with E-state index >= 15 is 0 Å². The van der Waals surface area contributed by atoms with Crippen LogP contribution in [-0.2, 0) is 28.7 Å². The van der Waals surface area contributed by atoms with Crippen LogP contribution in [0.25, 0.3) is 0 Å². The lowest BCUT2D eigenvalue weighted by Crippen LogP contribution is -2.36. The molecule has 0 amide bonds. The van der Waals surface area contributed by atoms with Crippen molar-refractivity contribution in [3.05, 3.63) is 108 Å². The number of unbranched alkanes of at least 4 members (excludes halogenated alkanes) is 5. The Morgan fingerprint density at radius 2 is 1.31 bits per heavy atom. The highest BCUT2D eigenvalue weighted by molar-refractivity contribution is 6.23. The number of ketones is 1. The van der Waals surface area contributed by atoms with Crippen molar-refractivity contribution in [1.29, 1.82) is 0 Å². The van der Waals surface area contributed by atoms with Gasteiger partial charge in [-0.2, -0.15) is 0 Å². The molecule has 1 aromatic carbocycles. The number of benzene rings is 1. The van der Waals surface area contributed by atoms with E-state index in [0.717, 1.165) is 57.8 Å². The Balaban J connectivity index is 1.77. The first kappa shape index (κ1) is 45.1. The summed E-state index contributed by atoms with van der Waals surface area (Å²) in [5.74, 6) is -3.43. The summed E-state index contributed by atoms with van der Waals surface area (Å²) in [6, 6.07) is 4.11. The van der Waals surface area contributed by atoms with Crippen LogP contribution in [0, 0.1) is 0 Å². The number of anilines is 1. The maximum Gasteiger partial charge on any atom is 0.349 e. The van der Waals surface area contributed by atoms with Gasteiger partial charge < -0.3 is 19.6 Å². The van der Waals surface area contributed by atoms with Crippen LogP contribution in [0.4, 0.5) is 5.69 Å². The molecule has 0 heterocycles. The lowest BCUT2D eigenvalue weighted by molar-refractivity contribution is -0.157. The first-order valence-electron chi connectivity index (χ1n) is 19.1. The van der Waals surface area contributed by atoms with Crippen LogP contribution >= 0.6 is 0 Å². The Morgan fingerprint density at radius 1 is 0.741 bits per heavy atom. The third-order valence-corrected chi connectivity index (χ3v) is 8.25. The lowest BCUT2D eigenvalue weighted by atomic mass is 10.0. The zero-order chi connectivity index (χ0) is 39.4. The Kier molecular flexibility index (Phi) is 23.0. The highest BCUT2D eigenvalue weighted by atomic mass is 16.6. The zero-order valence-electron chi connectivity index (χ0n) is 32.4. The van der Waals surface area contributed by atoms with Gasteiger partial charge in [-0.3, -0.25) is 14.4 Å². The number of esters is 4. The predicted molar refractivity (Wildman–Crippen MR) is 214 cm³/mol. The quantitative estimate of drug-likeness (QED) is 0.0258. The SMILES string of the molecule is CC/C=C\C/C=C\C/C=C\C/C=C\C/C=C\CCCC(=O)OC(=O)c1ccc(NN(C)C2C=CC(=O)C(C(=O)OC(=O)CCCCCCC)=C2)cc1OC. The van der Waals surface area contributed by atoms with Gasteiger partial charge in [0.25, 0.3) is 0 Å². The molecule has 1 unspecified atom stereocenters. The van der Waals surface area contributed by atoms with Crippen molar-refractivity contribution in [3.8, 4) is 5.75 Å². The molecular weight excluding hydrogens is 684 g/mol. The highest BCUT2D eigenvalue weighted by Gasteiger charge is 2.27. The minimum absolute atomic E-state index is 0.0833. The standard InChI is InChI=1S/C44H58N2O8/c1-5-7-9-11-12-13-14-15-16-17-18-19-20-21-22-24-26-28-41(48)53-43(50)37-31-29-35(33-40(37)52-4)45-46(3)36-30-32-39(47)38(34-36)44(51)54-42(49)27-25-23-10-8-6-2/h7,9,12-13,15-16,18-19,21-22,29-34,36,45H,5-6,8,10-11,14,17,20,23-28H2,1-4H3/b9-7-,13-12-,16-15-,19-18-,22-21-. The summed E-state index contributed by atoms with van der Waals surface area (Å²) in [4.78, 5) is 62.4. The molecule has 0 saturated carbocycles. The van der Waals surface area contributed by atoms with Crippen molar-refractivity contribution in [2.45, 2.75) is 110 Å². The largest absolute Gasteiger partial charge is 0.496 e. The molecule has 0 radical (unpaired) electrons. The molecule has 10 nitrogen and oxygen atoms in total. The minimum Gasteiger partial charge on any atom is -0.496 e. The number of rotatable bonds is 25. The van der Waals surface area contributed by atoms with Crippen molar-refractivity contribution in [1.82, 2.24) is 5.01 Å². The van der Waals surface area contributed by atoms with Gasteiger partial charge in [-0.05, 0) is 75.7 Å². The number of ether oxygens (including phenoxy) is 3. The Hall–Kier alpha value is -5.09. The summed E-state index contributed by atoms with van der Waals surface area (Å²) in [6.07, 6.45) is 36.4. The van der Waals surface area contributed by atoms with E-state index in [4.69, 9.17) is 14.2 Å². The summed E-state index contributed by atoms with van der Waals surface area (Å²) in [5, 5.41) is 1.62. The third-order valence-electron chi connectivity index (χ3n) is 8.25. The third kappa shape index (κ3) is 18.6. The number of carbonyl (C=O) groups excluding carboxylic acids is 5. The Labute approximate surface area is 321 Å². The van der Waals surface area contributed by atoms with Crippen LogP contribution in [-0.4, -0.2) is 54.9 Å². The molecule has 0 aromatic heterocycles. The van der Waals surface area contributed by atoms with Gasteiger partial charge in [0, 0.05) is 26.0 Å². The van der Waals surface area contributed by atoms with Gasteiger partial charge >= 0.3 is 23.9 Å². The summed E-state index contributed by atoms with van der Waals surface area (Å²) in [6.45, 7) is 4.23. The molecule has 1 aliphatic rings. The number of nitrogens with zero attached hydrogens (tertiary/aromatic N) is 1. The van der Waals surface area contributed by atoms with Crippen LogP contribution in [0.5, 0.6) is 5.75 Å². The fourth-order valence-corrected chi connectivity index (χ4v) is 5.23. The number of likely N-dealkylation sites (N-methyl/N-ethyl adjacent to an activating group) is 1. The first-order valence-corrected chi connectivity index (χ1v) is 19.1. The topological polar surface area (TPSA) is 128 Å². The Morgan fingerprint density at radius 3 is 1.93 bits per heavy atom. The fraction of sp³-hybridized carbons (Fsp3) is 0.432. The van der Waals surface area contributed by atoms with Crippen LogP contribution < -0.4 is 10.2 Å². The number of hydrogen-bond acceptors (Lipinski definition) is 10. The van der Waals surface area contributed by atoms with E-state index in [1.165, 1.54) is 25.3 Å². The average molecular weight is 743 g/mol. The molecule has 1 atom stereocenters. The number of hydrazine groups is 1. The van der Waals surface area contributed by atoms with E-state index < -0.39 is 35.7 Å². The van der Waals surface area contributed by atoms with Gasteiger partial charge in [-0.1, -0.05) is 106 Å². The van der Waals surface area contributed by atoms with Crippen molar-refractivity contribution in [3.63, 3.8) is 0 Å². The van der Waals surface area contributed by atoms with Gasteiger partial charge in [0.05, 0.1) is 18.8 Å². The summed E-state index contributed by atoms with van der Waals surface area (Å²) >= 11 is 0.